The zero-order chi connectivity index (χ0) is 22.1. The Hall–Kier alpha value is -3.23. The summed E-state index contributed by atoms with van der Waals surface area (Å²) in [5.41, 5.74) is 9.28. The first-order chi connectivity index (χ1) is 15.6. The van der Waals surface area contributed by atoms with Crippen molar-refractivity contribution < 1.29 is 10.2 Å². The third-order valence-electron chi connectivity index (χ3n) is 6.36. The summed E-state index contributed by atoms with van der Waals surface area (Å²) in [6, 6.07) is 15.3. The number of aliphatic hydroxyl groups excluding tert-OH is 1. The molecule has 8 heteroatoms. The highest BCUT2D eigenvalue weighted by molar-refractivity contribution is 5.61. The van der Waals surface area contributed by atoms with Crippen molar-refractivity contribution in [1.29, 1.82) is 0 Å². The number of hydrogen-bond donors (Lipinski definition) is 3. The molecule has 2 aliphatic heterocycles. The fourth-order valence-corrected chi connectivity index (χ4v) is 4.48. The lowest BCUT2D eigenvalue weighted by Gasteiger charge is -2.37. The molecule has 1 atom stereocenters. The molecule has 3 aromatic rings. The van der Waals surface area contributed by atoms with Crippen molar-refractivity contribution in [2.75, 3.05) is 29.5 Å². The summed E-state index contributed by atoms with van der Waals surface area (Å²) in [7, 11) is 0. The van der Waals surface area contributed by atoms with Crippen LogP contribution in [0, 0.1) is 0 Å². The molecule has 2 aromatic carbocycles. The molecule has 1 fully saturated rings. The van der Waals surface area contributed by atoms with Crippen molar-refractivity contribution >= 4 is 11.9 Å². The summed E-state index contributed by atoms with van der Waals surface area (Å²) in [5.74, 6) is 1.81. The second kappa shape index (κ2) is 8.72. The van der Waals surface area contributed by atoms with E-state index in [-0.39, 0.29) is 24.4 Å². The molecule has 0 unspecified atom stereocenters. The summed E-state index contributed by atoms with van der Waals surface area (Å²) >= 11 is 0. The maximum Gasteiger partial charge on any atom is 0.231 e. The third kappa shape index (κ3) is 4.11. The Morgan fingerprint density at radius 3 is 2.44 bits per heavy atom. The molecule has 1 aromatic heterocycles. The van der Waals surface area contributed by atoms with Crippen LogP contribution in [-0.4, -0.2) is 56.9 Å². The molecule has 5 rings (SSSR count). The number of phenolic OH excluding ortho intramolecular Hbond substituents is 1. The first kappa shape index (κ1) is 20.7. The van der Waals surface area contributed by atoms with Gasteiger partial charge in [-0.05, 0) is 42.5 Å². The van der Waals surface area contributed by atoms with Crippen LogP contribution in [0.5, 0.6) is 5.75 Å². The van der Waals surface area contributed by atoms with E-state index < -0.39 is 0 Å². The Balaban J connectivity index is 1.57. The van der Waals surface area contributed by atoms with Crippen LogP contribution >= 0.6 is 0 Å². The molecular formula is C24H28N6O2. The van der Waals surface area contributed by atoms with E-state index in [4.69, 9.17) is 20.7 Å². The van der Waals surface area contributed by atoms with Gasteiger partial charge >= 0.3 is 0 Å². The predicted octanol–water partition coefficient (Wildman–Crippen LogP) is 2.10. The van der Waals surface area contributed by atoms with Gasteiger partial charge in [0.25, 0.3) is 0 Å². The number of piperidine rings is 1. The van der Waals surface area contributed by atoms with E-state index in [1.54, 1.807) is 18.2 Å². The fourth-order valence-electron chi connectivity index (χ4n) is 4.48. The zero-order valence-electron chi connectivity index (χ0n) is 17.9. The average Bonchev–Trinajstić information content (AvgIpc) is 2.83. The van der Waals surface area contributed by atoms with Gasteiger partial charge in [0.1, 0.15) is 5.75 Å². The van der Waals surface area contributed by atoms with Crippen LogP contribution in [-0.2, 0) is 13.0 Å². The van der Waals surface area contributed by atoms with Crippen LogP contribution in [0.15, 0.2) is 48.5 Å². The van der Waals surface area contributed by atoms with Crippen LogP contribution in [0.1, 0.15) is 24.0 Å². The van der Waals surface area contributed by atoms with Crippen LogP contribution in [0.4, 0.5) is 11.9 Å². The van der Waals surface area contributed by atoms with Gasteiger partial charge in [-0.1, -0.05) is 36.4 Å². The zero-order valence-corrected chi connectivity index (χ0v) is 17.9. The maximum atomic E-state index is 10.1. The largest absolute Gasteiger partial charge is 0.508 e. The van der Waals surface area contributed by atoms with Gasteiger partial charge in [-0.15, -0.1) is 0 Å². The SMILES string of the molecule is NC1CCN(c2nc(-c3cccc(O)c3)nc(N3Cc4ccccc4C[C@@H]3CO)n2)CC1. The second-order valence-electron chi connectivity index (χ2n) is 8.57. The lowest BCUT2D eigenvalue weighted by molar-refractivity contribution is 0.252. The summed E-state index contributed by atoms with van der Waals surface area (Å²) < 4.78 is 0. The third-order valence-corrected chi connectivity index (χ3v) is 6.36. The van der Waals surface area contributed by atoms with Crippen molar-refractivity contribution in [1.82, 2.24) is 15.0 Å². The first-order valence-electron chi connectivity index (χ1n) is 11.1. The van der Waals surface area contributed by atoms with Crippen LogP contribution in [0.2, 0.25) is 0 Å². The number of phenols is 1. The lowest BCUT2D eigenvalue weighted by atomic mass is 9.94. The molecular weight excluding hydrogens is 404 g/mol. The molecule has 1 saturated heterocycles. The highest BCUT2D eigenvalue weighted by atomic mass is 16.3. The topological polar surface area (TPSA) is 112 Å². The average molecular weight is 433 g/mol. The summed E-state index contributed by atoms with van der Waals surface area (Å²) in [6.45, 7) is 2.21. The first-order valence-corrected chi connectivity index (χ1v) is 11.1. The minimum Gasteiger partial charge on any atom is -0.508 e. The number of nitrogens with two attached hydrogens (primary N) is 1. The van der Waals surface area contributed by atoms with Gasteiger partial charge in [0.2, 0.25) is 11.9 Å². The highest BCUT2D eigenvalue weighted by Crippen LogP contribution is 2.30. The van der Waals surface area contributed by atoms with Gasteiger partial charge in [-0.2, -0.15) is 15.0 Å². The molecule has 0 spiro atoms. The van der Waals surface area contributed by atoms with E-state index >= 15 is 0 Å². The molecule has 0 amide bonds. The van der Waals surface area contributed by atoms with E-state index in [9.17, 15) is 10.2 Å². The lowest BCUT2D eigenvalue weighted by Crippen LogP contribution is -2.44. The second-order valence-corrected chi connectivity index (χ2v) is 8.57. The minimum atomic E-state index is -0.119. The maximum absolute atomic E-state index is 10.1. The Bertz CT molecular complexity index is 1100. The molecule has 3 heterocycles. The van der Waals surface area contributed by atoms with Crippen LogP contribution in [0.25, 0.3) is 11.4 Å². The van der Waals surface area contributed by atoms with Crippen LogP contribution in [0.3, 0.4) is 0 Å². The molecule has 0 aliphatic carbocycles. The van der Waals surface area contributed by atoms with E-state index in [1.165, 1.54) is 11.1 Å². The van der Waals surface area contributed by atoms with Gasteiger partial charge in [0.15, 0.2) is 5.82 Å². The number of nitrogens with zero attached hydrogens (tertiary/aromatic N) is 5. The van der Waals surface area contributed by atoms with Crippen molar-refractivity contribution in [3.8, 4) is 17.1 Å². The number of fused-ring (bicyclic) bond motifs is 1. The van der Waals surface area contributed by atoms with Gasteiger partial charge in [-0.3, -0.25) is 0 Å². The molecule has 166 valence electrons. The predicted molar refractivity (Wildman–Crippen MR) is 124 cm³/mol. The van der Waals surface area contributed by atoms with E-state index in [1.807, 2.05) is 18.2 Å². The van der Waals surface area contributed by atoms with Gasteiger partial charge in [-0.25, -0.2) is 0 Å². The molecule has 4 N–H and O–H groups in total. The van der Waals surface area contributed by atoms with Crippen LogP contribution < -0.4 is 15.5 Å². The van der Waals surface area contributed by atoms with Crippen molar-refractivity contribution in [3.63, 3.8) is 0 Å². The summed E-state index contributed by atoms with van der Waals surface area (Å²) in [4.78, 5) is 18.6. The molecule has 0 saturated carbocycles. The molecule has 0 radical (unpaired) electrons. The van der Waals surface area contributed by atoms with Gasteiger partial charge < -0.3 is 25.7 Å². The van der Waals surface area contributed by atoms with Gasteiger partial charge in [0.05, 0.1) is 12.6 Å². The summed E-state index contributed by atoms with van der Waals surface area (Å²) in [6.07, 6.45) is 2.51. The van der Waals surface area contributed by atoms with E-state index in [2.05, 4.69) is 21.9 Å². The number of rotatable bonds is 4. The standard InChI is InChI=1S/C24H28N6O2/c25-19-8-10-29(11-9-19)23-26-22(17-6-3-7-21(32)13-17)27-24(28-23)30-14-18-5-2-1-4-16(18)12-20(30)15-31/h1-7,13,19-20,31-32H,8-12,14-15,25H2/t20-/m1/s1. The molecule has 8 nitrogen and oxygen atoms in total. The quantitative estimate of drug-likeness (QED) is 0.575. The number of anilines is 2. The number of hydrogen-bond acceptors (Lipinski definition) is 8. The van der Waals surface area contributed by atoms with E-state index in [0.717, 1.165) is 37.9 Å². The Morgan fingerprint density at radius 2 is 1.69 bits per heavy atom. The molecule has 32 heavy (non-hydrogen) atoms. The molecule has 0 bridgehead atoms. The number of aromatic nitrogens is 3. The van der Waals surface area contributed by atoms with E-state index in [0.29, 0.717) is 24.3 Å². The van der Waals surface area contributed by atoms with Gasteiger partial charge in [0, 0.05) is 31.2 Å². The van der Waals surface area contributed by atoms with Crippen molar-refractivity contribution in [2.45, 2.75) is 37.9 Å². The fraction of sp³-hybridized carbons (Fsp3) is 0.375. The van der Waals surface area contributed by atoms with Crippen molar-refractivity contribution in [3.05, 3.63) is 59.7 Å². The Labute approximate surface area is 187 Å². The number of aromatic hydroxyl groups is 1. The minimum absolute atomic E-state index is 0.00930. The molecule has 2 aliphatic rings. The Kier molecular flexibility index (Phi) is 5.63. The summed E-state index contributed by atoms with van der Waals surface area (Å²) in [5, 5.41) is 20.1. The smallest absolute Gasteiger partial charge is 0.231 e. The number of aliphatic hydroxyl groups is 1. The monoisotopic (exact) mass is 432 g/mol. The number of benzene rings is 2. The van der Waals surface area contributed by atoms with Crippen molar-refractivity contribution in [2.24, 2.45) is 5.73 Å². The Morgan fingerprint density at radius 1 is 0.938 bits per heavy atom. The normalized spacial score (nSPS) is 19.1. The highest BCUT2D eigenvalue weighted by Gasteiger charge is 2.29.